The molecule has 4 aliphatic rings. The Kier molecular flexibility index (Phi) is 10.5. The van der Waals surface area contributed by atoms with Crippen LogP contribution in [0.2, 0.25) is 0 Å². The van der Waals surface area contributed by atoms with E-state index < -0.39 is 12.8 Å². The van der Waals surface area contributed by atoms with Crippen molar-refractivity contribution in [1.82, 2.24) is 0 Å². The topological polar surface area (TPSA) is 64.0 Å². The summed E-state index contributed by atoms with van der Waals surface area (Å²) in [5.74, 6) is 1.86. The number of anilines is 2. The summed E-state index contributed by atoms with van der Waals surface area (Å²) in [5, 5.41) is -0.595. The Bertz CT molecular complexity index is 856. The Morgan fingerprint density at radius 1 is 0.667 bits per heavy atom. The Balaban J connectivity index is 0.000000153. The minimum Gasteiger partial charge on any atom is -0.372 e. The molecule has 2 aromatic carbocycles. The van der Waals surface area contributed by atoms with E-state index >= 15 is 0 Å². The molecular formula is C30H47N2O3P. The second-order valence-corrected chi connectivity index (χ2v) is 12.7. The molecule has 0 saturated heterocycles. The first-order valence-corrected chi connectivity index (χ1v) is 15.5. The Morgan fingerprint density at radius 3 is 1.22 bits per heavy atom. The second kappa shape index (κ2) is 13.1. The highest BCUT2D eigenvalue weighted by atomic mass is 31.2. The smallest absolute Gasteiger partial charge is 0.331 e. The predicted molar refractivity (Wildman–Crippen MR) is 153 cm³/mol. The van der Waals surface area contributed by atoms with E-state index in [1.54, 1.807) is 0 Å². The van der Waals surface area contributed by atoms with Crippen molar-refractivity contribution < 1.29 is 14.4 Å². The van der Waals surface area contributed by atoms with Gasteiger partial charge in [0, 0.05) is 37.6 Å². The summed E-state index contributed by atoms with van der Waals surface area (Å²) < 4.78 is 11.6. The molecule has 0 radical (unpaired) electrons. The van der Waals surface area contributed by atoms with Gasteiger partial charge in [-0.2, -0.15) is 0 Å². The maximum absolute atomic E-state index is 11.6. The summed E-state index contributed by atoms with van der Waals surface area (Å²) in [6.07, 6.45) is 6.09. The molecule has 2 aromatic rings. The summed E-state index contributed by atoms with van der Waals surface area (Å²) in [6, 6.07) is 21.0. The van der Waals surface area contributed by atoms with Crippen molar-refractivity contribution >= 4 is 19.0 Å². The Morgan fingerprint density at radius 2 is 0.972 bits per heavy atom. The van der Waals surface area contributed by atoms with Crippen LogP contribution in [0, 0.1) is 17.8 Å². The second-order valence-electron chi connectivity index (χ2n) is 10.7. The van der Waals surface area contributed by atoms with Gasteiger partial charge in [0.05, 0.1) is 5.16 Å². The van der Waals surface area contributed by atoms with Crippen molar-refractivity contribution in [3.63, 3.8) is 0 Å². The van der Waals surface area contributed by atoms with Gasteiger partial charge in [-0.15, -0.1) is 0 Å². The van der Waals surface area contributed by atoms with Crippen molar-refractivity contribution in [3.8, 4) is 0 Å². The lowest BCUT2D eigenvalue weighted by atomic mass is 9.56. The maximum atomic E-state index is 11.6. The van der Waals surface area contributed by atoms with Gasteiger partial charge < -0.3 is 19.6 Å². The summed E-state index contributed by atoms with van der Waals surface area (Å²) in [6.45, 7) is 13.0. The highest BCUT2D eigenvalue weighted by Gasteiger charge is 2.58. The number of para-hydroxylation sites is 2. The molecule has 0 amide bonds. The molecule has 6 heteroatoms. The molecule has 0 atom stereocenters. The molecule has 0 unspecified atom stereocenters. The largest absolute Gasteiger partial charge is 0.372 e. The van der Waals surface area contributed by atoms with Gasteiger partial charge in [0.15, 0.2) is 0 Å². The van der Waals surface area contributed by atoms with Gasteiger partial charge in [-0.05, 0) is 108 Å². The zero-order valence-electron chi connectivity index (χ0n) is 22.7. The van der Waals surface area contributed by atoms with E-state index in [9.17, 15) is 14.4 Å². The third-order valence-corrected chi connectivity index (χ3v) is 10.2. The summed E-state index contributed by atoms with van der Waals surface area (Å²) in [7, 11) is -3.87. The zero-order chi connectivity index (χ0) is 26.2. The van der Waals surface area contributed by atoms with Crippen molar-refractivity contribution in [2.45, 2.75) is 71.4 Å². The SMILES string of the molecule is CCN(CC)c1ccccc1.CCN(CC)c1ccccc1.O=P(O)(O)C12CC3CC(CC(C3)C1)C2. The van der Waals surface area contributed by atoms with Crippen LogP contribution in [0.25, 0.3) is 0 Å². The van der Waals surface area contributed by atoms with E-state index in [1.165, 1.54) is 30.6 Å². The highest BCUT2D eigenvalue weighted by Crippen LogP contribution is 2.69. The van der Waals surface area contributed by atoms with Crippen LogP contribution in [0.3, 0.4) is 0 Å². The molecular weight excluding hydrogens is 467 g/mol. The summed E-state index contributed by atoms with van der Waals surface area (Å²) >= 11 is 0. The fraction of sp³-hybridized carbons (Fsp3) is 0.600. The first-order valence-electron chi connectivity index (χ1n) is 13.9. The van der Waals surface area contributed by atoms with E-state index in [4.69, 9.17) is 0 Å². The molecule has 200 valence electrons. The normalized spacial score (nSPS) is 25.8. The quantitative estimate of drug-likeness (QED) is 0.383. The molecule has 4 aliphatic carbocycles. The fourth-order valence-corrected chi connectivity index (χ4v) is 8.36. The number of hydrogen-bond acceptors (Lipinski definition) is 3. The number of nitrogens with zero attached hydrogens (tertiary/aromatic N) is 2. The van der Waals surface area contributed by atoms with Crippen molar-refractivity contribution in [1.29, 1.82) is 0 Å². The zero-order valence-corrected chi connectivity index (χ0v) is 23.6. The van der Waals surface area contributed by atoms with Gasteiger partial charge in [-0.25, -0.2) is 0 Å². The van der Waals surface area contributed by atoms with Crippen molar-refractivity contribution in [2.75, 3.05) is 36.0 Å². The standard InChI is InChI=1S/2C10H15N.C10H17O3P/c2*1-3-11(4-2)10-8-6-5-7-9-10;11-14(12,13)10-4-7-1-8(5-10)3-9(2-7)6-10/h2*5-9H,3-4H2,1-2H3;7-9H,1-6H2,(H2,11,12,13). The van der Waals surface area contributed by atoms with E-state index in [0.717, 1.165) is 45.4 Å². The highest BCUT2D eigenvalue weighted by molar-refractivity contribution is 7.53. The lowest BCUT2D eigenvalue weighted by Gasteiger charge is -2.56. The first kappa shape index (κ1) is 28.8. The van der Waals surface area contributed by atoms with Crippen LogP contribution >= 0.6 is 7.60 Å². The molecule has 4 fully saturated rings. The average molecular weight is 515 g/mol. The van der Waals surface area contributed by atoms with Crippen LogP contribution < -0.4 is 9.80 Å². The lowest BCUT2D eigenvalue weighted by Crippen LogP contribution is -2.50. The molecule has 0 spiro atoms. The molecule has 0 aromatic heterocycles. The Labute approximate surface area is 219 Å². The molecule has 4 bridgehead atoms. The van der Waals surface area contributed by atoms with Gasteiger partial charge in [-0.1, -0.05) is 36.4 Å². The number of rotatable bonds is 7. The van der Waals surface area contributed by atoms with Crippen LogP contribution in [-0.2, 0) is 4.57 Å². The van der Waals surface area contributed by atoms with Crippen LogP contribution in [0.5, 0.6) is 0 Å². The monoisotopic (exact) mass is 514 g/mol. The molecule has 5 nitrogen and oxygen atoms in total. The third kappa shape index (κ3) is 7.15. The van der Waals surface area contributed by atoms with Gasteiger partial charge >= 0.3 is 7.60 Å². The lowest BCUT2D eigenvalue weighted by molar-refractivity contribution is 0.0228. The summed E-state index contributed by atoms with van der Waals surface area (Å²) in [5.41, 5.74) is 2.63. The maximum Gasteiger partial charge on any atom is 0.331 e. The van der Waals surface area contributed by atoms with Gasteiger partial charge in [0.2, 0.25) is 0 Å². The minimum absolute atomic E-state index is 0.595. The van der Waals surface area contributed by atoms with Crippen LogP contribution in [0.15, 0.2) is 60.7 Å². The van der Waals surface area contributed by atoms with E-state index in [0.29, 0.717) is 17.8 Å². The summed E-state index contributed by atoms with van der Waals surface area (Å²) in [4.78, 5) is 23.7. The molecule has 0 heterocycles. The number of hydrogen-bond donors (Lipinski definition) is 2. The molecule has 0 aliphatic heterocycles. The first-order chi connectivity index (χ1) is 17.2. The van der Waals surface area contributed by atoms with Gasteiger partial charge in [0.1, 0.15) is 0 Å². The predicted octanol–water partition coefficient (Wildman–Crippen LogP) is 7.20. The van der Waals surface area contributed by atoms with Gasteiger partial charge in [0.25, 0.3) is 0 Å². The van der Waals surface area contributed by atoms with E-state index in [2.05, 4.69) is 86.0 Å². The van der Waals surface area contributed by atoms with Gasteiger partial charge in [-0.3, -0.25) is 4.57 Å². The molecule has 36 heavy (non-hydrogen) atoms. The van der Waals surface area contributed by atoms with Crippen molar-refractivity contribution in [2.24, 2.45) is 17.8 Å². The van der Waals surface area contributed by atoms with Crippen LogP contribution in [0.1, 0.15) is 66.2 Å². The average Bonchev–Trinajstić information content (AvgIpc) is 2.86. The van der Waals surface area contributed by atoms with E-state index in [-0.39, 0.29) is 0 Å². The molecule has 6 rings (SSSR count). The third-order valence-electron chi connectivity index (χ3n) is 8.39. The minimum atomic E-state index is -3.87. The number of benzene rings is 2. The fourth-order valence-electron chi connectivity index (χ4n) is 6.88. The van der Waals surface area contributed by atoms with Crippen molar-refractivity contribution in [3.05, 3.63) is 60.7 Å². The Hall–Kier alpha value is -1.81. The molecule has 2 N–H and O–H groups in total. The molecule has 4 saturated carbocycles. The van der Waals surface area contributed by atoms with E-state index in [1.807, 2.05) is 12.1 Å². The van der Waals surface area contributed by atoms with Crippen LogP contribution in [-0.4, -0.2) is 41.1 Å². The van der Waals surface area contributed by atoms with Crippen LogP contribution in [0.4, 0.5) is 11.4 Å².